The van der Waals surface area contributed by atoms with Crippen molar-refractivity contribution in [1.82, 2.24) is 4.90 Å². The molecule has 0 saturated carbocycles. The van der Waals surface area contributed by atoms with Gasteiger partial charge >= 0.3 is 6.18 Å². The van der Waals surface area contributed by atoms with E-state index < -0.39 is 12.7 Å². The predicted octanol–water partition coefficient (Wildman–Crippen LogP) is 1.77. The maximum Gasteiger partial charge on any atom is 0.401 e. The molecule has 0 aliphatic carbocycles. The van der Waals surface area contributed by atoms with Crippen molar-refractivity contribution in [2.24, 2.45) is 5.73 Å². The molecule has 0 bridgehead atoms. The van der Waals surface area contributed by atoms with Crippen LogP contribution in [-0.2, 0) is 6.54 Å². The summed E-state index contributed by atoms with van der Waals surface area (Å²) in [6.07, 6.45) is -3.82. The molecule has 21 heavy (non-hydrogen) atoms. The summed E-state index contributed by atoms with van der Waals surface area (Å²) in [5.41, 5.74) is 6.43. The van der Waals surface area contributed by atoms with E-state index in [1.165, 1.54) is 0 Å². The molecule has 1 aromatic carbocycles. The average molecular weight is 306 g/mol. The largest absolute Gasteiger partial charge is 0.493 e. The van der Waals surface area contributed by atoms with Crippen LogP contribution in [0.5, 0.6) is 5.75 Å². The predicted molar refractivity (Wildman–Crippen MR) is 74.0 cm³/mol. The number of hydrogen-bond donors (Lipinski definition) is 2. The van der Waals surface area contributed by atoms with E-state index in [4.69, 9.17) is 15.6 Å². The van der Waals surface area contributed by atoms with Crippen molar-refractivity contribution in [3.8, 4) is 5.75 Å². The number of benzene rings is 1. The van der Waals surface area contributed by atoms with Gasteiger partial charge in [-0.2, -0.15) is 13.2 Å². The molecule has 0 radical (unpaired) electrons. The van der Waals surface area contributed by atoms with Gasteiger partial charge in [0.15, 0.2) is 0 Å². The first-order chi connectivity index (χ1) is 9.96. The maximum atomic E-state index is 12.3. The Labute approximate surface area is 122 Å². The number of nitrogens with two attached hydrogens (primary N) is 1. The Kier molecular flexibility index (Phi) is 7.49. The van der Waals surface area contributed by atoms with Crippen LogP contribution < -0.4 is 10.5 Å². The number of halogens is 3. The van der Waals surface area contributed by atoms with Gasteiger partial charge in [0.2, 0.25) is 0 Å². The SMILES string of the molecule is NCc1ccccc1OCCCN(CCO)CC(F)(F)F. The summed E-state index contributed by atoms with van der Waals surface area (Å²) in [7, 11) is 0. The second-order valence-electron chi connectivity index (χ2n) is 4.63. The lowest BCUT2D eigenvalue weighted by atomic mass is 10.2. The Morgan fingerprint density at radius 1 is 1.19 bits per heavy atom. The summed E-state index contributed by atoms with van der Waals surface area (Å²) in [6, 6.07) is 7.29. The van der Waals surface area contributed by atoms with E-state index in [1.54, 1.807) is 6.07 Å². The monoisotopic (exact) mass is 306 g/mol. The van der Waals surface area contributed by atoms with Crippen molar-refractivity contribution in [3.05, 3.63) is 29.8 Å². The molecular weight excluding hydrogens is 285 g/mol. The van der Waals surface area contributed by atoms with Crippen LogP contribution in [0.2, 0.25) is 0 Å². The first-order valence-electron chi connectivity index (χ1n) is 6.77. The molecule has 120 valence electrons. The summed E-state index contributed by atoms with van der Waals surface area (Å²) in [5.74, 6) is 0.657. The molecule has 1 aromatic rings. The molecular formula is C14H21F3N2O2. The van der Waals surface area contributed by atoms with Gasteiger partial charge in [-0.1, -0.05) is 18.2 Å². The number of rotatable bonds is 9. The average Bonchev–Trinajstić information content (AvgIpc) is 2.42. The molecule has 0 aromatic heterocycles. The standard InChI is InChI=1S/C14H21F3N2O2/c15-14(16,17)11-19(7-8-20)6-3-9-21-13-5-2-1-4-12(13)10-18/h1-2,4-5,20H,3,6-11,18H2. The molecule has 0 aliphatic heterocycles. The van der Waals surface area contributed by atoms with E-state index in [2.05, 4.69) is 0 Å². The minimum Gasteiger partial charge on any atom is -0.493 e. The Bertz CT molecular complexity index is 413. The Hall–Kier alpha value is -1.31. The minimum absolute atomic E-state index is 0.00109. The molecule has 0 fully saturated rings. The third-order valence-electron chi connectivity index (χ3n) is 2.89. The van der Waals surface area contributed by atoms with Crippen LogP contribution in [0.3, 0.4) is 0 Å². The molecule has 0 aliphatic rings. The van der Waals surface area contributed by atoms with E-state index in [9.17, 15) is 13.2 Å². The van der Waals surface area contributed by atoms with Gasteiger partial charge < -0.3 is 15.6 Å². The molecule has 3 N–H and O–H groups in total. The summed E-state index contributed by atoms with van der Waals surface area (Å²) in [6.45, 7) is -0.457. The van der Waals surface area contributed by atoms with Gasteiger partial charge in [-0.05, 0) is 12.5 Å². The highest BCUT2D eigenvalue weighted by Crippen LogP contribution is 2.18. The van der Waals surface area contributed by atoms with E-state index in [0.717, 1.165) is 10.5 Å². The number of ether oxygens (including phenoxy) is 1. The van der Waals surface area contributed by atoms with Crippen LogP contribution in [0, 0.1) is 0 Å². The van der Waals surface area contributed by atoms with Crippen LogP contribution >= 0.6 is 0 Å². The molecule has 0 unspecified atom stereocenters. The molecule has 0 spiro atoms. The lowest BCUT2D eigenvalue weighted by Crippen LogP contribution is -2.37. The van der Waals surface area contributed by atoms with Gasteiger partial charge in [-0.25, -0.2) is 0 Å². The van der Waals surface area contributed by atoms with Crippen LogP contribution in [-0.4, -0.2) is 49.0 Å². The highest BCUT2D eigenvalue weighted by Gasteiger charge is 2.30. The van der Waals surface area contributed by atoms with Gasteiger partial charge in [-0.15, -0.1) is 0 Å². The third-order valence-corrected chi connectivity index (χ3v) is 2.89. The van der Waals surface area contributed by atoms with Gasteiger partial charge in [0, 0.05) is 25.2 Å². The van der Waals surface area contributed by atoms with Crippen LogP contribution in [0.1, 0.15) is 12.0 Å². The Morgan fingerprint density at radius 2 is 1.90 bits per heavy atom. The van der Waals surface area contributed by atoms with Crippen LogP contribution in [0.4, 0.5) is 13.2 Å². The fraction of sp³-hybridized carbons (Fsp3) is 0.571. The second-order valence-corrected chi connectivity index (χ2v) is 4.63. The molecule has 0 saturated heterocycles. The van der Waals surface area contributed by atoms with Gasteiger partial charge in [0.25, 0.3) is 0 Å². The first-order valence-corrected chi connectivity index (χ1v) is 6.77. The molecule has 0 heterocycles. The Morgan fingerprint density at radius 3 is 2.52 bits per heavy atom. The smallest absolute Gasteiger partial charge is 0.401 e. The van der Waals surface area contributed by atoms with Gasteiger partial charge in [0.1, 0.15) is 5.75 Å². The molecule has 0 atom stereocenters. The first kappa shape index (κ1) is 17.7. The van der Waals surface area contributed by atoms with E-state index in [1.807, 2.05) is 18.2 Å². The topological polar surface area (TPSA) is 58.7 Å². The number of nitrogens with zero attached hydrogens (tertiary/aromatic N) is 1. The highest BCUT2D eigenvalue weighted by atomic mass is 19.4. The summed E-state index contributed by atoms with van der Waals surface area (Å²) in [5, 5.41) is 8.78. The molecule has 4 nitrogen and oxygen atoms in total. The maximum absolute atomic E-state index is 12.3. The highest BCUT2D eigenvalue weighted by molar-refractivity contribution is 5.32. The Balaban J connectivity index is 2.37. The molecule has 7 heteroatoms. The summed E-state index contributed by atoms with van der Waals surface area (Å²) < 4.78 is 42.5. The van der Waals surface area contributed by atoms with Crippen molar-refractivity contribution >= 4 is 0 Å². The van der Waals surface area contributed by atoms with Gasteiger partial charge in [0.05, 0.1) is 19.8 Å². The number of hydrogen-bond acceptors (Lipinski definition) is 4. The van der Waals surface area contributed by atoms with E-state index in [-0.39, 0.29) is 19.7 Å². The zero-order valence-electron chi connectivity index (χ0n) is 11.8. The van der Waals surface area contributed by atoms with E-state index >= 15 is 0 Å². The second kappa shape index (κ2) is 8.86. The minimum atomic E-state index is -4.26. The zero-order valence-corrected chi connectivity index (χ0v) is 11.8. The lowest BCUT2D eigenvalue weighted by Gasteiger charge is -2.22. The van der Waals surface area contributed by atoms with Crippen LogP contribution in [0.25, 0.3) is 0 Å². The lowest BCUT2D eigenvalue weighted by molar-refractivity contribution is -0.147. The fourth-order valence-corrected chi connectivity index (χ4v) is 1.95. The summed E-state index contributed by atoms with van der Waals surface area (Å²) in [4.78, 5) is 1.16. The number of para-hydroxylation sites is 1. The van der Waals surface area contributed by atoms with Crippen LogP contribution in [0.15, 0.2) is 24.3 Å². The van der Waals surface area contributed by atoms with E-state index in [0.29, 0.717) is 25.3 Å². The van der Waals surface area contributed by atoms with Crippen molar-refractivity contribution in [2.75, 3.05) is 32.8 Å². The quantitative estimate of drug-likeness (QED) is 0.683. The molecule has 0 amide bonds. The zero-order chi connectivity index (χ0) is 15.7. The normalized spacial score (nSPS) is 11.9. The third kappa shape index (κ3) is 7.31. The van der Waals surface area contributed by atoms with Crippen molar-refractivity contribution in [3.63, 3.8) is 0 Å². The number of aliphatic hydroxyl groups is 1. The van der Waals surface area contributed by atoms with Crippen molar-refractivity contribution < 1.29 is 23.0 Å². The van der Waals surface area contributed by atoms with Crippen molar-refractivity contribution in [2.45, 2.75) is 19.1 Å². The van der Waals surface area contributed by atoms with Gasteiger partial charge in [-0.3, -0.25) is 4.90 Å². The van der Waals surface area contributed by atoms with Crippen molar-refractivity contribution in [1.29, 1.82) is 0 Å². The fourth-order valence-electron chi connectivity index (χ4n) is 1.95. The summed E-state index contributed by atoms with van der Waals surface area (Å²) >= 11 is 0. The number of aliphatic hydroxyl groups excluding tert-OH is 1. The number of alkyl halides is 3. The molecule has 1 rings (SSSR count).